The third-order valence-electron chi connectivity index (χ3n) is 3.03. The molecular weight excluding hydrogens is 278 g/mol. The van der Waals surface area contributed by atoms with Crippen molar-refractivity contribution in [2.75, 3.05) is 0 Å². The van der Waals surface area contributed by atoms with Crippen LogP contribution in [0.15, 0.2) is 0 Å². The lowest BCUT2D eigenvalue weighted by Gasteiger charge is -2.45. The van der Waals surface area contributed by atoms with Gasteiger partial charge < -0.3 is 0 Å². The quantitative estimate of drug-likeness (QED) is 0.709. The van der Waals surface area contributed by atoms with E-state index < -0.39 is 35.3 Å². The van der Waals surface area contributed by atoms with Crippen LogP contribution in [0, 0.1) is 11.3 Å². The van der Waals surface area contributed by atoms with Gasteiger partial charge in [-0.1, -0.05) is 34.6 Å². The van der Waals surface area contributed by atoms with Crippen molar-refractivity contribution in [3.05, 3.63) is 0 Å². The summed E-state index contributed by atoms with van der Waals surface area (Å²) in [7, 11) is 0. The normalized spacial score (nSPS) is 25.9. The Balaban J connectivity index is 3.44. The first-order valence-electron chi connectivity index (χ1n) is 5.64. The fourth-order valence-electron chi connectivity index (χ4n) is 1.82. The summed E-state index contributed by atoms with van der Waals surface area (Å²) in [6.07, 6.45) is -10.2. The lowest BCUT2D eigenvalue weighted by atomic mass is 9.77. The van der Waals surface area contributed by atoms with E-state index in [1.54, 1.807) is 0 Å². The molecule has 1 rings (SSSR count). The number of alkyl halides is 6. The van der Waals surface area contributed by atoms with Crippen LogP contribution in [0.1, 0.15) is 34.6 Å². The van der Waals surface area contributed by atoms with Crippen LogP contribution in [-0.4, -0.2) is 23.9 Å². The highest BCUT2D eigenvalue weighted by Gasteiger charge is 2.81. The average molecular weight is 294 g/mol. The van der Waals surface area contributed by atoms with Gasteiger partial charge in [-0.2, -0.15) is 17.6 Å². The molecule has 1 aliphatic rings. The van der Waals surface area contributed by atoms with E-state index in [2.05, 4.69) is 9.47 Å². The number of halogens is 6. The smallest absolute Gasteiger partial charge is 0.273 e. The first kappa shape index (κ1) is 16.6. The molecule has 114 valence electrons. The minimum atomic E-state index is -5.11. The number of rotatable bonds is 2. The van der Waals surface area contributed by atoms with Crippen molar-refractivity contribution in [2.24, 2.45) is 11.3 Å². The molecule has 0 aromatic heterocycles. The molecule has 0 bridgehead atoms. The molecule has 0 radical (unpaired) electrons. The van der Waals surface area contributed by atoms with E-state index >= 15 is 0 Å². The zero-order valence-electron chi connectivity index (χ0n) is 11.2. The standard InChI is InChI=1S/C11H16F6O2/c1-6(2)8(12,13)9(7(3,4)5)18-10(14,15)11(16,17)19-9/h6H,1-5H3. The van der Waals surface area contributed by atoms with Gasteiger partial charge in [0.15, 0.2) is 0 Å². The summed E-state index contributed by atoms with van der Waals surface area (Å²) in [4.78, 5) is 0. The van der Waals surface area contributed by atoms with Crippen molar-refractivity contribution in [3.63, 3.8) is 0 Å². The van der Waals surface area contributed by atoms with Crippen LogP contribution in [0.25, 0.3) is 0 Å². The fraction of sp³-hybridized carbons (Fsp3) is 1.00. The van der Waals surface area contributed by atoms with Crippen LogP contribution < -0.4 is 0 Å². The van der Waals surface area contributed by atoms with Gasteiger partial charge in [-0.15, -0.1) is 0 Å². The molecule has 8 heteroatoms. The monoisotopic (exact) mass is 294 g/mol. The Morgan fingerprint density at radius 2 is 1.16 bits per heavy atom. The van der Waals surface area contributed by atoms with Crippen LogP contribution in [-0.2, 0) is 9.47 Å². The Bertz CT molecular complexity index is 343. The second-order valence-corrected chi connectivity index (χ2v) is 5.88. The van der Waals surface area contributed by atoms with Crippen LogP contribution in [0.4, 0.5) is 26.3 Å². The van der Waals surface area contributed by atoms with E-state index in [9.17, 15) is 26.3 Å². The molecule has 0 aromatic carbocycles. The van der Waals surface area contributed by atoms with E-state index in [0.717, 1.165) is 34.6 Å². The van der Waals surface area contributed by atoms with Crippen LogP contribution in [0.5, 0.6) is 0 Å². The third-order valence-corrected chi connectivity index (χ3v) is 3.03. The minimum absolute atomic E-state index is 1.01. The molecule has 1 heterocycles. The van der Waals surface area contributed by atoms with Crippen molar-refractivity contribution >= 4 is 0 Å². The Morgan fingerprint density at radius 1 is 0.842 bits per heavy atom. The number of hydrogen-bond acceptors (Lipinski definition) is 2. The van der Waals surface area contributed by atoms with Gasteiger partial charge in [-0.05, 0) is 0 Å². The van der Waals surface area contributed by atoms with E-state index in [-0.39, 0.29) is 0 Å². The van der Waals surface area contributed by atoms with Crippen molar-refractivity contribution in [1.82, 2.24) is 0 Å². The first-order valence-corrected chi connectivity index (χ1v) is 5.64. The summed E-state index contributed by atoms with van der Waals surface area (Å²) >= 11 is 0. The largest absolute Gasteiger partial charge is 0.451 e. The van der Waals surface area contributed by atoms with Gasteiger partial charge >= 0.3 is 18.1 Å². The second-order valence-electron chi connectivity index (χ2n) is 5.88. The van der Waals surface area contributed by atoms with Gasteiger partial charge in [-0.3, -0.25) is 9.47 Å². The van der Waals surface area contributed by atoms with E-state index in [1.807, 2.05) is 0 Å². The summed E-state index contributed by atoms with van der Waals surface area (Å²) in [6, 6.07) is 0. The lowest BCUT2D eigenvalue weighted by molar-refractivity contribution is -0.387. The Morgan fingerprint density at radius 3 is 1.37 bits per heavy atom. The SMILES string of the molecule is CC(C)C(F)(F)C1(C(C)(C)C)OC(F)(F)C(F)(F)O1. The highest BCUT2D eigenvalue weighted by molar-refractivity contribution is 5.03. The van der Waals surface area contributed by atoms with Crippen molar-refractivity contribution in [2.45, 2.75) is 58.5 Å². The molecule has 0 spiro atoms. The predicted octanol–water partition coefficient (Wildman–Crippen LogP) is 4.25. The fourth-order valence-corrected chi connectivity index (χ4v) is 1.82. The Labute approximate surface area is 107 Å². The van der Waals surface area contributed by atoms with Gasteiger partial charge in [0.05, 0.1) is 0 Å². The summed E-state index contributed by atoms with van der Waals surface area (Å²) in [5, 5.41) is 0. The van der Waals surface area contributed by atoms with Gasteiger partial charge in [0.1, 0.15) is 0 Å². The highest BCUT2D eigenvalue weighted by Crippen LogP contribution is 2.61. The Kier molecular flexibility index (Phi) is 3.49. The van der Waals surface area contributed by atoms with Crippen LogP contribution in [0.3, 0.4) is 0 Å². The summed E-state index contributed by atoms with van der Waals surface area (Å²) < 4.78 is 88.4. The van der Waals surface area contributed by atoms with Gasteiger partial charge in [0.25, 0.3) is 0 Å². The first-order chi connectivity index (χ1) is 8.11. The second kappa shape index (κ2) is 4.00. The zero-order chi connectivity index (χ0) is 15.5. The maximum Gasteiger partial charge on any atom is 0.451 e. The molecular formula is C11H16F6O2. The molecule has 0 atom stereocenters. The van der Waals surface area contributed by atoms with Crippen molar-refractivity contribution in [3.8, 4) is 0 Å². The topological polar surface area (TPSA) is 18.5 Å². The van der Waals surface area contributed by atoms with Gasteiger partial charge in [0, 0.05) is 11.3 Å². The maximum atomic E-state index is 14.2. The molecule has 0 unspecified atom stereocenters. The highest BCUT2D eigenvalue weighted by atomic mass is 19.3. The van der Waals surface area contributed by atoms with Gasteiger partial charge in [0.2, 0.25) is 5.79 Å². The molecule has 19 heavy (non-hydrogen) atoms. The zero-order valence-corrected chi connectivity index (χ0v) is 11.2. The van der Waals surface area contributed by atoms with E-state index in [4.69, 9.17) is 0 Å². The van der Waals surface area contributed by atoms with Crippen LogP contribution >= 0.6 is 0 Å². The van der Waals surface area contributed by atoms with E-state index in [1.165, 1.54) is 0 Å². The van der Waals surface area contributed by atoms with Gasteiger partial charge in [-0.25, -0.2) is 8.78 Å². The molecule has 0 aliphatic carbocycles. The van der Waals surface area contributed by atoms with E-state index in [0.29, 0.717) is 0 Å². The van der Waals surface area contributed by atoms with Crippen molar-refractivity contribution in [1.29, 1.82) is 0 Å². The van der Waals surface area contributed by atoms with Crippen LogP contribution in [0.2, 0.25) is 0 Å². The molecule has 0 amide bonds. The van der Waals surface area contributed by atoms with Crippen molar-refractivity contribution < 1.29 is 35.8 Å². The molecule has 0 aromatic rings. The molecule has 1 aliphatic heterocycles. The lowest BCUT2D eigenvalue weighted by Crippen LogP contribution is -2.61. The molecule has 1 fully saturated rings. The summed E-state index contributed by atoms with van der Waals surface area (Å²) in [5.41, 5.74) is -1.80. The summed E-state index contributed by atoms with van der Waals surface area (Å²) in [5.74, 6) is -8.98. The summed E-state index contributed by atoms with van der Waals surface area (Å²) in [6.45, 7) is 5.23. The molecule has 2 nitrogen and oxygen atoms in total. The number of ether oxygens (including phenoxy) is 2. The minimum Gasteiger partial charge on any atom is -0.273 e. The molecule has 1 saturated heterocycles. The Hall–Kier alpha value is -0.500. The third kappa shape index (κ3) is 2.12. The maximum absolute atomic E-state index is 14.2. The average Bonchev–Trinajstić information content (AvgIpc) is 2.32. The molecule has 0 N–H and O–H groups in total. The molecule has 0 saturated carbocycles. The predicted molar refractivity (Wildman–Crippen MR) is 54.0 cm³/mol. The number of hydrogen-bond donors (Lipinski definition) is 0.